The van der Waals surface area contributed by atoms with Gasteiger partial charge in [0, 0.05) is 22.6 Å². The average Bonchev–Trinajstić information content (AvgIpc) is 3.20. The summed E-state index contributed by atoms with van der Waals surface area (Å²) in [7, 11) is 0. The number of thioether (sulfide) groups is 1. The number of non-ortho nitro benzene ring substituents is 1. The molecule has 10 heteroatoms. The average molecular weight is 495 g/mol. The van der Waals surface area contributed by atoms with Crippen LogP contribution in [0.3, 0.4) is 0 Å². The maximum absolute atomic E-state index is 12.6. The molecule has 2 aromatic heterocycles. The van der Waals surface area contributed by atoms with Crippen LogP contribution in [0.25, 0.3) is 21.3 Å². The fourth-order valence-electron chi connectivity index (χ4n) is 3.57. The number of hydrogen-bond acceptors (Lipinski definition) is 8. The predicted molar refractivity (Wildman–Crippen MR) is 136 cm³/mol. The van der Waals surface area contributed by atoms with Crippen molar-refractivity contribution >= 4 is 50.6 Å². The summed E-state index contributed by atoms with van der Waals surface area (Å²) < 4.78 is 0. The highest BCUT2D eigenvalue weighted by molar-refractivity contribution is 8.00. The van der Waals surface area contributed by atoms with E-state index < -0.39 is 10.8 Å². The number of aryl methyl sites for hydroxylation is 3. The van der Waals surface area contributed by atoms with E-state index >= 15 is 0 Å². The number of carbonyl (C=O) groups excluding carboxylic acids is 1. The Kier molecular flexibility index (Phi) is 6.80. The number of amides is 1. The summed E-state index contributed by atoms with van der Waals surface area (Å²) in [5.41, 5.74) is 4.36. The van der Waals surface area contributed by atoms with Crippen molar-refractivity contribution in [1.82, 2.24) is 9.97 Å². The van der Waals surface area contributed by atoms with Crippen LogP contribution >= 0.6 is 23.1 Å². The molecule has 0 saturated heterocycles. The zero-order chi connectivity index (χ0) is 24.4. The first-order valence-electron chi connectivity index (χ1n) is 10.5. The molecule has 0 saturated carbocycles. The molecule has 2 heterocycles. The summed E-state index contributed by atoms with van der Waals surface area (Å²) in [5, 5.41) is 25.1. The van der Waals surface area contributed by atoms with Gasteiger partial charge in [-0.3, -0.25) is 14.9 Å². The number of hydrogen-bond donors (Lipinski definition) is 2. The van der Waals surface area contributed by atoms with Crippen molar-refractivity contribution in [2.45, 2.75) is 32.2 Å². The van der Waals surface area contributed by atoms with Crippen molar-refractivity contribution in [2.75, 3.05) is 11.1 Å². The number of anilines is 1. The number of phenols is 1. The van der Waals surface area contributed by atoms with Gasteiger partial charge in [-0.25, -0.2) is 9.97 Å². The molecule has 0 aliphatic rings. The Morgan fingerprint density at radius 1 is 1.18 bits per heavy atom. The number of aromatic hydroxyl groups is 1. The van der Waals surface area contributed by atoms with Gasteiger partial charge in [0.1, 0.15) is 21.9 Å². The molecule has 0 spiro atoms. The van der Waals surface area contributed by atoms with E-state index in [4.69, 9.17) is 0 Å². The van der Waals surface area contributed by atoms with Crippen molar-refractivity contribution < 1.29 is 14.8 Å². The fourth-order valence-corrected chi connectivity index (χ4v) is 5.54. The molecule has 0 aliphatic heterocycles. The first-order chi connectivity index (χ1) is 16.3. The van der Waals surface area contributed by atoms with E-state index in [0.717, 1.165) is 33.8 Å². The molecule has 34 heavy (non-hydrogen) atoms. The monoisotopic (exact) mass is 494 g/mol. The first-order valence-corrected chi connectivity index (χ1v) is 12.3. The molecule has 2 aromatic carbocycles. The number of thiophene rings is 1. The number of aromatic nitrogens is 2. The van der Waals surface area contributed by atoms with E-state index in [-0.39, 0.29) is 22.9 Å². The van der Waals surface area contributed by atoms with Gasteiger partial charge in [-0.1, -0.05) is 36.9 Å². The van der Waals surface area contributed by atoms with Crippen LogP contribution in [0, 0.1) is 24.0 Å². The quantitative estimate of drug-likeness (QED) is 0.108. The molecular formula is C24H22N4O4S2. The minimum Gasteiger partial charge on any atom is -0.506 e. The lowest BCUT2D eigenvalue weighted by Gasteiger charge is -2.10. The maximum atomic E-state index is 12.6. The Morgan fingerprint density at radius 2 is 1.97 bits per heavy atom. The van der Waals surface area contributed by atoms with Gasteiger partial charge in [0.15, 0.2) is 0 Å². The molecule has 0 bridgehead atoms. The molecule has 0 aliphatic carbocycles. The van der Waals surface area contributed by atoms with E-state index in [9.17, 15) is 20.0 Å². The Morgan fingerprint density at radius 3 is 2.68 bits per heavy atom. The summed E-state index contributed by atoms with van der Waals surface area (Å²) in [4.78, 5) is 34.0. The molecule has 0 fully saturated rings. The Balaban J connectivity index is 1.63. The SMILES string of the molecule is CCc1sc2ncnc(SCC(=O)Nc3cc([N+](=O)[O-])ccc3O)c2c1-c1ccc(C)c(C)c1. The van der Waals surface area contributed by atoms with Crippen molar-refractivity contribution in [3.8, 4) is 16.9 Å². The number of nitro benzene ring substituents is 1. The van der Waals surface area contributed by atoms with Crippen LogP contribution in [0.1, 0.15) is 22.9 Å². The van der Waals surface area contributed by atoms with Crippen LogP contribution in [-0.4, -0.2) is 31.7 Å². The third-order valence-corrected chi connectivity index (χ3v) is 7.68. The lowest BCUT2D eigenvalue weighted by atomic mass is 9.98. The Hall–Kier alpha value is -3.50. The second-order valence-electron chi connectivity index (χ2n) is 7.71. The standard InChI is InChI=1S/C24H22N4O4S2/c1-4-19-21(15-6-5-13(2)14(3)9-15)22-23(25-12-26-24(22)34-19)33-11-20(30)27-17-10-16(28(31)32)7-8-18(17)29/h5-10,12,29H,4,11H2,1-3H3,(H,27,30). The van der Waals surface area contributed by atoms with Crippen LogP contribution in [0.4, 0.5) is 11.4 Å². The van der Waals surface area contributed by atoms with Gasteiger partial charge in [0.05, 0.1) is 21.7 Å². The van der Waals surface area contributed by atoms with Gasteiger partial charge in [-0.2, -0.15) is 0 Å². The van der Waals surface area contributed by atoms with Crippen molar-refractivity contribution in [3.63, 3.8) is 0 Å². The summed E-state index contributed by atoms with van der Waals surface area (Å²) in [6.45, 7) is 6.26. The first kappa shape index (κ1) is 23.7. The maximum Gasteiger partial charge on any atom is 0.271 e. The minimum absolute atomic E-state index is 0.00717. The number of nitrogens with zero attached hydrogens (tertiary/aromatic N) is 3. The topological polar surface area (TPSA) is 118 Å². The number of benzene rings is 2. The van der Waals surface area contributed by atoms with E-state index in [0.29, 0.717) is 5.03 Å². The van der Waals surface area contributed by atoms with E-state index in [1.165, 1.54) is 46.2 Å². The van der Waals surface area contributed by atoms with Crippen LogP contribution in [-0.2, 0) is 11.2 Å². The second kappa shape index (κ2) is 9.78. The fraction of sp³-hybridized carbons (Fsp3) is 0.208. The molecule has 4 rings (SSSR count). The highest BCUT2D eigenvalue weighted by atomic mass is 32.2. The predicted octanol–water partition coefficient (Wildman–Crippen LogP) is 5.88. The molecule has 8 nitrogen and oxygen atoms in total. The molecule has 174 valence electrons. The zero-order valence-corrected chi connectivity index (χ0v) is 20.4. The summed E-state index contributed by atoms with van der Waals surface area (Å²) in [6.07, 6.45) is 2.34. The van der Waals surface area contributed by atoms with E-state index in [2.05, 4.69) is 54.3 Å². The summed E-state index contributed by atoms with van der Waals surface area (Å²) in [5.74, 6) is -0.639. The van der Waals surface area contributed by atoms with Gasteiger partial charge in [-0.05, 0) is 43.0 Å². The van der Waals surface area contributed by atoms with Crippen molar-refractivity contribution in [3.05, 3.63) is 68.8 Å². The summed E-state index contributed by atoms with van der Waals surface area (Å²) >= 11 is 2.89. The smallest absolute Gasteiger partial charge is 0.271 e. The van der Waals surface area contributed by atoms with Gasteiger partial charge in [0.2, 0.25) is 5.91 Å². The molecule has 2 N–H and O–H groups in total. The number of fused-ring (bicyclic) bond motifs is 1. The van der Waals surface area contributed by atoms with Crippen molar-refractivity contribution in [1.29, 1.82) is 0 Å². The van der Waals surface area contributed by atoms with Gasteiger partial charge >= 0.3 is 0 Å². The van der Waals surface area contributed by atoms with Gasteiger partial charge in [-0.15, -0.1) is 11.3 Å². The van der Waals surface area contributed by atoms with Crippen LogP contribution in [0.2, 0.25) is 0 Å². The third kappa shape index (κ3) is 4.73. The summed E-state index contributed by atoms with van der Waals surface area (Å²) in [6, 6.07) is 9.85. The number of nitro groups is 1. The largest absolute Gasteiger partial charge is 0.506 e. The highest BCUT2D eigenvalue weighted by Crippen LogP contribution is 2.42. The highest BCUT2D eigenvalue weighted by Gasteiger charge is 2.20. The number of phenolic OH excluding ortho intramolecular Hbond substituents is 1. The molecular weight excluding hydrogens is 472 g/mol. The van der Waals surface area contributed by atoms with Crippen LogP contribution in [0.15, 0.2) is 47.8 Å². The molecule has 0 unspecified atom stereocenters. The molecule has 0 atom stereocenters. The van der Waals surface area contributed by atoms with Gasteiger partial charge < -0.3 is 10.4 Å². The Bertz CT molecular complexity index is 1420. The van der Waals surface area contributed by atoms with Gasteiger partial charge in [0.25, 0.3) is 5.69 Å². The minimum atomic E-state index is -0.586. The number of rotatable bonds is 7. The Labute approximate surface area is 204 Å². The second-order valence-corrected chi connectivity index (χ2v) is 9.75. The molecule has 4 aromatic rings. The number of carbonyl (C=O) groups is 1. The van der Waals surface area contributed by atoms with Crippen LogP contribution in [0.5, 0.6) is 5.75 Å². The van der Waals surface area contributed by atoms with E-state index in [1.54, 1.807) is 11.3 Å². The lowest BCUT2D eigenvalue weighted by molar-refractivity contribution is -0.384. The molecule has 1 amide bonds. The van der Waals surface area contributed by atoms with Crippen molar-refractivity contribution in [2.24, 2.45) is 0 Å². The normalized spacial score (nSPS) is 11.0. The lowest BCUT2D eigenvalue weighted by Crippen LogP contribution is -2.14. The van der Waals surface area contributed by atoms with Crippen LogP contribution < -0.4 is 5.32 Å². The number of nitrogens with one attached hydrogen (secondary N) is 1. The van der Waals surface area contributed by atoms with E-state index in [1.807, 2.05) is 0 Å². The zero-order valence-electron chi connectivity index (χ0n) is 18.8. The third-order valence-electron chi connectivity index (χ3n) is 5.45. The molecule has 0 radical (unpaired) electrons.